The molecule has 0 unspecified atom stereocenters. The lowest BCUT2D eigenvalue weighted by Crippen LogP contribution is -2.58. The van der Waals surface area contributed by atoms with Gasteiger partial charge in [-0.25, -0.2) is 9.97 Å². The van der Waals surface area contributed by atoms with Crippen LogP contribution in [0, 0.1) is 0 Å². The van der Waals surface area contributed by atoms with E-state index in [4.69, 9.17) is 10.9 Å². The first kappa shape index (κ1) is 13.3. The Balaban J connectivity index is 2.19. The lowest BCUT2D eigenvalue weighted by molar-refractivity contribution is 0.0905. The van der Waals surface area contributed by atoms with Gasteiger partial charge in [-0.3, -0.25) is 4.79 Å². The Morgan fingerprint density at radius 2 is 1.95 bits per heavy atom. The molecule has 19 heavy (non-hydrogen) atoms. The van der Waals surface area contributed by atoms with Gasteiger partial charge in [0.1, 0.15) is 11.9 Å². The van der Waals surface area contributed by atoms with Gasteiger partial charge in [0.25, 0.3) is 5.91 Å². The van der Waals surface area contributed by atoms with Crippen LogP contribution in [0.3, 0.4) is 0 Å². The zero-order chi connectivity index (χ0) is 13.7. The van der Waals surface area contributed by atoms with Crippen LogP contribution in [0.15, 0.2) is 23.9 Å². The molecule has 0 saturated heterocycles. The molecule has 1 aliphatic carbocycles. The maximum Gasteiger partial charge on any atom is 0.255 e. The molecular weight excluding hydrogens is 246 g/mol. The van der Waals surface area contributed by atoms with Crippen LogP contribution in [0.1, 0.15) is 42.5 Å². The largest absolute Gasteiger partial charge is 0.409 e. The zero-order valence-electron chi connectivity index (χ0n) is 10.5. The standard InChI is InChI=1S/C12H17N5O2/c13-11(17-19)12(4-2-1-3-5-12)16-10(18)9-6-14-8-15-7-9/h6-8,19H,1-5H2,(H2,13,17)(H,16,18). The summed E-state index contributed by atoms with van der Waals surface area (Å²) in [5.74, 6) is -0.258. The molecule has 1 saturated carbocycles. The van der Waals surface area contributed by atoms with E-state index in [0.717, 1.165) is 19.3 Å². The van der Waals surface area contributed by atoms with Crippen molar-refractivity contribution in [2.24, 2.45) is 10.9 Å². The zero-order valence-corrected chi connectivity index (χ0v) is 10.5. The first-order chi connectivity index (χ1) is 9.18. The van der Waals surface area contributed by atoms with E-state index in [-0.39, 0.29) is 11.7 Å². The van der Waals surface area contributed by atoms with E-state index in [1.165, 1.54) is 18.7 Å². The highest BCUT2D eigenvalue weighted by molar-refractivity contribution is 5.99. The molecule has 4 N–H and O–H groups in total. The minimum atomic E-state index is -0.764. The van der Waals surface area contributed by atoms with Crippen molar-refractivity contribution >= 4 is 11.7 Å². The number of amides is 1. The fourth-order valence-electron chi connectivity index (χ4n) is 2.40. The van der Waals surface area contributed by atoms with Crippen molar-refractivity contribution in [1.29, 1.82) is 0 Å². The van der Waals surface area contributed by atoms with Crippen LogP contribution < -0.4 is 11.1 Å². The molecule has 0 bridgehead atoms. The van der Waals surface area contributed by atoms with Gasteiger partial charge in [0.05, 0.1) is 5.56 Å². The van der Waals surface area contributed by atoms with Crippen molar-refractivity contribution in [3.63, 3.8) is 0 Å². The summed E-state index contributed by atoms with van der Waals surface area (Å²) in [7, 11) is 0. The van der Waals surface area contributed by atoms with E-state index in [9.17, 15) is 4.79 Å². The Labute approximate surface area is 110 Å². The maximum atomic E-state index is 12.2. The van der Waals surface area contributed by atoms with Crippen molar-refractivity contribution in [2.75, 3.05) is 0 Å². The Morgan fingerprint density at radius 1 is 1.32 bits per heavy atom. The number of nitrogens with one attached hydrogen (secondary N) is 1. The summed E-state index contributed by atoms with van der Waals surface area (Å²) in [6, 6.07) is 0. The maximum absolute atomic E-state index is 12.2. The molecular formula is C12H17N5O2. The third-order valence-electron chi connectivity index (χ3n) is 3.48. The Bertz CT molecular complexity index is 468. The van der Waals surface area contributed by atoms with Crippen LogP contribution in [0.2, 0.25) is 0 Å². The second-order valence-corrected chi connectivity index (χ2v) is 4.71. The van der Waals surface area contributed by atoms with Gasteiger partial charge in [-0.2, -0.15) is 0 Å². The number of rotatable bonds is 3. The predicted octanol–water partition coefficient (Wildman–Crippen LogP) is 0.656. The lowest BCUT2D eigenvalue weighted by atomic mass is 9.80. The molecule has 1 aromatic rings. The van der Waals surface area contributed by atoms with Gasteiger partial charge in [-0.05, 0) is 12.8 Å². The fraction of sp³-hybridized carbons (Fsp3) is 0.500. The van der Waals surface area contributed by atoms with Crippen LogP contribution in [-0.4, -0.2) is 32.5 Å². The minimum absolute atomic E-state index is 0.0531. The summed E-state index contributed by atoms with van der Waals surface area (Å²) >= 11 is 0. The number of nitrogens with two attached hydrogens (primary N) is 1. The van der Waals surface area contributed by atoms with Gasteiger partial charge in [0.2, 0.25) is 0 Å². The highest BCUT2D eigenvalue weighted by atomic mass is 16.4. The molecule has 1 heterocycles. The van der Waals surface area contributed by atoms with Gasteiger partial charge in [-0.15, -0.1) is 0 Å². The van der Waals surface area contributed by atoms with E-state index >= 15 is 0 Å². The molecule has 1 amide bonds. The van der Waals surface area contributed by atoms with Crippen LogP contribution >= 0.6 is 0 Å². The third-order valence-corrected chi connectivity index (χ3v) is 3.48. The summed E-state index contributed by atoms with van der Waals surface area (Å²) in [5, 5.41) is 14.9. The number of nitrogens with zero attached hydrogens (tertiary/aromatic N) is 3. The molecule has 1 fully saturated rings. The number of oxime groups is 1. The van der Waals surface area contributed by atoms with Crippen LogP contribution in [-0.2, 0) is 0 Å². The molecule has 102 valence electrons. The number of amidine groups is 1. The molecule has 0 spiro atoms. The summed E-state index contributed by atoms with van der Waals surface area (Å²) in [5.41, 5.74) is 5.36. The molecule has 2 rings (SSSR count). The predicted molar refractivity (Wildman–Crippen MR) is 68.7 cm³/mol. The monoisotopic (exact) mass is 263 g/mol. The quantitative estimate of drug-likeness (QED) is 0.321. The summed E-state index contributed by atoms with van der Waals surface area (Å²) in [6.45, 7) is 0. The number of carbonyl (C=O) groups is 1. The lowest BCUT2D eigenvalue weighted by Gasteiger charge is -2.36. The second kappa shape index (κ2) is 5.64. The van der Waals surface area contributed by atoms with Crippen LogP contribution in [0.5, 0.6) is 0 Å². The molecule has 0 atom stereocenters. The average molecular weight is 263 g/mol. The van der Waals surface area contributed by atoms with Gasteiger partial charge < -0.3 is 16.3 Å². The normalized spacial score (nSPS) is 18.8. The summed E-state index contributed by atoms with van der Waals surface area (Å²) in [6.07, 6.45) is 8.52. The minimum Gasteiger partial charge on any atom is -0.409 e. The number of hydrogen-bond donors (Lipinski definition) is 3. The van der Waals surface area contributed by atoms with Crippen molar-refractivity contribution in [3.05, 3.63) is 24.3 Å². The molecule has 7 nitrogen and oxygen atoms in total. The Morgan fingerprint density at radius 3 is 2.53 bits per heavy atom. The first-order valence-corrected chi connectivity index (χ1v) is 6.23. The second-order valence-electron chi connectivity index (χ2n) is 4.71. The third kappa shape index (κ3) is 2.81. The van der Waals surface area contributed by atoms with Crippen molar-refractivity contribution in [1.82, 2.24) is 15.3 Å². The van der Waals surface area contributed by atoms with Gasteiger partial charge in [0.15, 0.2) is 5.84 Å². The highest BCUT2D eigenvalue weighted by Crippen LogP contribution is 2.28. The Hall–Kier alpha value is -2.18. The number of carbonyl (C=O) groups excluding carboxylic acids is 1. The highest BCUT2D eigenvalue weighted by Gasteiger charge is 2.38. The molecule has 0 aliphatic heterocycles. The smallest absolute Gasteiger partial charge is 0.255 e. The Kier molecular flexibility index (Phi) is 3.94. The van der Waals surface area contributed by atoms with Gasteiger partial charge in [-0.1, -0.05) is 24.4 Å². The van der Waals surface area contributed by atoms with E-state index in [0.29, 0.717) is 18.4 Å². The van der Waals surface area contributed by atoms with E-state index in [1.807, 2.05) is 0 Å². The van der Waals surface area contributed by atoms with Gasteiger partial charge >= 0.3 is 0 Å². The van der Waals surface area contributed by atoms with Crippen molar-refractivity contribution in [2.45, 2.75) is 37.6 Å². The summed E-state index contributed by atoms with van der Waals surface area (Å²) in [4.78, 5) is 19.8. The molecule has 0 aromatic carbocycles. The van der Waals surface area contributed by atoms with E-state index in [1.54, 1.807) is 0 Å². The van der Waals surface area contributed by atoms with E-state index in [2.05, 4.69) is 20.4 Å². The topological polar surface area (TPSA) is 113 Å². The van der Waals surface area contributed by atoms with Crippen molar-refractivity contribution in [3.8, 4) is 0 Å². The average Bonchev–Trinajstić information content (AvgIpc) is 2.48. The van der Waals surface area contributed by atoms with Crippen LogP contribution in [0.4, 0.5) is 0 Å². The number of hydrogen-bond acceptors (Lipinski definition) is 5. The SMILES string of the molecule is NC(=NO)C1(NC(=O)c2cncnc2)CCCCC1. The molecule has 1 aromatic heterocycles. The van der Waals surface area contributed by atoms with Crippen LogP contribution in [0.25, 0.3) is 0 Å². The molecule has 7 heteroatoms. The number of aromatic nitrogens is 2. The van der Waals surface area contributed by atoms with Gasteiger partial charge in [0, 0.05) is 12.4 Å². The van der Waals surface area contributed by atoms with E-state index < -0.39 is 5.54 Å². The first-order valence-electron chi connectivity index (χ1n) is 6.23. The summed E-state index contributed by atoms with van der Waals surface area (Å²) < 4.78 is 0. The molecule has 1 aliphatic rings. The fourth-order valence-corrected chi connectivity index (χ4v) is 2.40. The van der Waals surface area contributed by atoms with Crippen molar-refractivity contribution < 1.29 is 10.0 Å². The molecule has 0 radical (unpaired) electrons.